The summed E-state index contributed by atoms with van der Waals surface area (Å²) < 4.78 is 5.25. The summed E-state index contributed by atoms with van der Waals surface area (Å²) in [6.45, 7) is -0.175. The molecule has 4 nitrogen and oxygen atoms in total. The van der Waals surface area contributed by atoms with E-state index in [4.69, 9.17) is 4.42 Å². The molecule has 0 radical (unpaired) electrons. The lowest BCUT2D eigenvalue weighted by Gasteiger charge is -2.16. The average molecular weight is 291 g/mol. The minimum atomic E-state index is -0.489. The molecule has 2 aromatic rings. The van der Waals surface area contributed by atoms with Gasteiger partial charge in [-0.1, -0.05) is 0 Å². The van der Waals surface area contributed by atoms with Gasteiger partial charge in [-0.2, -0.15) is 0 Å². The van der Waals surface area contributed by atoms with Crippen LogP contribution < -0.4 is 5.32 Å². The first-order valence-electron chi connectivity index (χ1n) is 6.84. The predicted octanol–water partition coefficient (Wildman–Crippen LogP) is 2.68. The highest BCUT2D eigenvalue weighted by Gasteiger charge is 2.23. The van der Waals surface area contributed by atoms with Crippen molar-refractivity contribution in [3.63, 3.8) is 0 Å². The van der Waals surface area contributed by atoms with Crippen LogP contribution in [-0.2, 0) is 12.8 Å². The highest BCUT2D eigenvalue weighted by atomic mass is 32.1. The third-order valence-corrected chi connectivity index (χ3v) is 4.77. The third kappa shape index (κ3) is 2.51. The quantitative estimate of drug-likeness (QED) is 0.910. The first-order valence-corrected chi connectivity index (χ1v) is 7.72. The fourth-order valence-corrected chi connectivity index (χ4v) is 3.74. The van der Waals surface area contributed by atoms with Gasteiger partial charge in [0.25, 0.3) is 5.91 Å². The number of hydrogen-bond donors (Lipinski definition) is 2. The number of fused-ring (bicyclic) bond motifs is 1. The van der Waals surface area contributed by atoms with E-state index in [1.807, 2.05) is 5.38 Å². The van der Waals surface area contributed by atoms with Crippen LogP contribution in [0.25, 0.3) is 0 Å². The number of furan rings is 1. The van der Waals surface area contributed by atoms with Crippen LogP contribution in [0.15, 0.2) is 28.2 Å². The van der Waals surface area contributed by atoms with Gasteiger partial charge in [0.05, 0.1) is 18.4 Å². The molecule has 1 aliphatic carbocycles. The first-order chi connectivity index (χ1) is 9.79. The molecule has 1 aliphatic rings. The second kappa shape index (κ2) is 5.81. The van der Waals surface area contributed by atoms with Crippen molar-refractivity contribution in [1.82, 2.24) is 5.32 Å². The zero-order chi connectivity index (χ0) is 13.9. The molecule has 5 heteroatoms. The summed E-state index contributed by atoms with van der Waals surface area (Å²) >= 11 is 1.67. The fourth-order valence-electron chi connectivity index (χ4n) is 2.62. The van der Waals surface area contributed by atoms with Crippen molar-refractivity contribution < 1.29 is 14.3 Å². The van der Waals surface area contributed by atoms with Crippen molar-refractivity contribution in [1.29, 1.82) is 0 Å². The SMILES string of the molecule is O=C(NC(CO)c1ccco1)c1csc2c1CCCC2. The summed E-state index contributed by atoms with van der Waals surface area (Å²) in [4.78, 5) is 13.7. The molecule has 1 atom stereocenters. The summed E-state index contributed by atoms with van der Waals surface area (Å²) in [5.74, 6) is 0.449. The van der Waals surface area contributed by atoms with Crippen LogP contribution in [0.5, 0.6) is 0 Å². The second-order valence-corrected chi connectivity index (χ2v) is 5.95. The lowest BCUT2D eigenvalue weighted by molar-refractivity contribution is 0.0906. The maximum atomic E-state index is 12.4. The molecule has 0 spiro atoms. The topological polar surface area (TPSA) is 62.5 Å². The lowest BCUT2D eigenvalue weighted by atomic mass is 9.95. The zero-order valence-electron chi connectivity index (χ0n) is 11.1. The predicted molar refractivity (Wildman–Crippen MR) is 77.0 cm³/mol. The van der Waals surface area contributed by atoms with Crippen LogP contribution in [0.4, 0.5) is 0 Å². The van der Waals surface area contributed by atoms with Crippen LogP contribution in [0.3, 0.4) is 0 Å². The smallest absolute Gasteiger partial charge is 0.253 e. The average Bonchev–Trinajstić information content (AvgIpc) is 3.13. The van der Waals surface area contributed by atoms with Gasteiger partial charge in [-0.15, -0.1) is 11.3 Å². The monoisotopic (exact) mass is 291 g/mol. The summed E-state index contributed by atoms with van der Waals surface area (Å²) in [7, 11) is 0. The Balaban J connectivity index is 1.77. The van der Waals surface area contributed by atoms with E-state index >= 15 is 0 Å². The van der Waals surface area contributed by atoms with Gasteiger partial charge in [0.2, 0.25) is 0 Å². The lowest BCUT2D eigenvalue weighted by Crippen LogP contribution is -2.31. The van der Waals surface area contributed by atoms with Gasteiger partial charge >= 0.3 is 0 Å². The minimum Gasteiger partial charge on any atom is -0.467 e. The number of carbonyl (C=O) groups is 1. The Morgan fingerprint density at radius 2 is 2.30 bits per heavy atom. The Labute approximate surface area is 121 Å². The van der Waals surface area contributed by atoms with Crippen LogP contribution in [-0.4, -0.2) is 17.6 Å². The van der Waals surface area contributed by atoms with E-state index in [9.17, 15) is 9.90 Å². The largest absolute Gasteiger partial charge is 0.467 e. The van der Waals surface area contributed by atoms with E-state index in [1.54, 1.807) is 23.5 Å². The van der Waals surface area contributed by atoms with Crippen molar-refractivity contribution in [2.24, 2.45) is 0 Å². The Morgan fingerprint density at radius 1 is 1.45 bits per heavy atom. The fraction of sp³-hybridized carbons (Fsp3) is 0.400. The number of rotatable bonds is 4. The zero-order valence-corrected chi connectivity index (χ0v) is 11.9. The highest BCUT2D eigenvalue weighted by Crippen LogP contribution is 2.30. The Bertz CT molecular complexity index is 588. The second-order valence-electron chi connectivity index (χ2n) is 4.98. The molecular formula is C15H17NO3S. The molecule has 0 aromatic carbocycles. The van der Waals surface area contributed by atoms with Crippen molar-refractivity contribution >= 4 is 17.2 Å². The van der Waals surface area contributed by atoms with Crippen molar-refractivity contribution in [2.75, 3.05) is 6.61 Å². The van der Waals surface area contributed by atoms with Gasteiger partial charge in [-0.3, -0.25) is 4.79 Å². The number of carbonyl (C=O) groups excluding carboxylic acids is 1. The summed E-state index contributed by atoms with van der Waals surface area (Å²) in [5.41, 5.74) is 1.95. The molecule has 1 unspecified atom stereocenters. The van der Waals surface area contributed by atoms with E-state index in [2.05, 4.69) is 5.32 Å². The minimum absolute atomic E-state index is 0.125. The van der Waals surface area contributed by atoms with E-state index in [0.29, 0.717) is 5.76 Å². The van der Waals surface area contributed by atoms with Gasteiger partial charge in [0.15, 0.2) is 0 Å². The van der Waals surface area contributed by atoms with E-state index in [0.717, 1.165) is 24.8 Å². The molecule has 0 fully saturated rings. The van der Waals surface area contributed by atoms with E-state index < -0.39 is 6.04 Å². The Kier molecular flexibility index (Phi) is 3.89. The summed E-state index contributed by atoms with van der Waals surface area (Å²) in [6.07, 6.45) is 5.95. The molecule has 2 heterocycles. The standard InChI is InChI=1S/C15H17NO3S/c17-8-12(13-5-3-7-19-13)16-15(18)11-9-20-14-6-2-1-4-10(11)14/h3,5,7,9,12,17H,1-2,4,6,8H2,(H,16,18). The third-order valence-electron chi connectivity index (χ3n) is 3.68. The highest BCUT2D eigenvalue weighted by molar-refractivity contribution is 7.10. The maximum absolute atomic E-state index is 12.4. The summed E-state index contributed by atoms with van der Waals surface area (Å²) in [5, 5.41) is 14.2. The molecule has 106 valence electrons. The molecule has 0 aliphatic heterocycles. The number of thiophene rings is 1. The van der Waals surface area contributed by atoms with Gasteiger partial charge in [0, 0.05) is 10.3 Å². The van der Waals surface area contributed by atoms with E-state index in [-0.39, 0.29) is 12.5 Å². The molecule has 1 amide bonds. The molecular weight excluding hydrogens is 274 g/mol. The Morgan fingerprint density at radius 3 is 3.05 bits per heavy atom. The normalized spacial score (nSPS) is 15.7. The number of amides is 1. The van der Waals surface area contributed by atoms with Crippen LogP contribution in [0.1, 0.15) is 45.4 Å². The van der Waals surface area contributed by atoms with Crippen LogP contribution in [0, 0.1) is 0 Å². The Hall–Kier alpha value is -1.59. The number of aliphatic hydroxyl groups is 1. The number of nitrogens with one attached hydrogen (secondary N) is 1. The molecule has 2 N–H and O–H groups in total. The number of aryl methyl sites for hydroxylation is 1. The van der Waals surface area contributed by atoms with Crippen molar-refractivity contribution in [3.05, 3.63) is 45.5 Å². The maximum Gasteiger partial charge on any atom is 0.253 e. The van der Waals surface area contributed by atoms with Gasteiger partial charge < -0.3 is 14.8 Å². The molecule has 0 saturated carbocycles. The first kappa shape index (κ1) is 13.4. The van der Waals surface area contributed by atoms with Crippen molar-refractivity contribution in [2.45, 2.75) is 31.7 Å². The molecule has 3 rings (SSSR count). The number of hydrogen-bond acceptors (Lipinski definition) is 4. The van der Waals surface area contributed by atoms with Gasteiger partial charge in [-0.25, -0.2) is 0 Å². The number of aliphatic hydroxyl groups excluding tert-OH is 1. The van der Waals surface area contributed by atoms with Crippen LogP contribution in [0.2, 0.25) is 0 Å². The van der Waals surface area contributed by atoms with Gasteiger partial charge in [0.1, 0.15) is 11.8 Å². The van der Waals surface area contributed by atoms with Gasteiger partial charge in [-0.05, 0) is 43.4 Å². The van der Waals surface area contributed by atoms with Crippen molar-refractivity contribution in [3.8, 4) is 0 Å². The van der Waals surface area contributed by atoms with E-state index in [1.165, 1.54) is 23.1 Å². The summed E-state index contributed by atoms with van der Waals surface area (Å²) in [6, 6.07) is 3.01. The molecule has 2 aromatic heterocycles. The van der Waals surface area contributed by atoms with Crippen LogP contribution >= 0.6 is 11.3 Å². The molecule has 0 bridgehead atoms. The molecule has 20 heavy (non-hydrogen) atoms. The molecule has 0 saturated heterocycles.